The Kier molecular flexibility index (Phi) is 4.14. The van der Waals surface area contributed by atoms with Crippen LogP contribution in [0.15, 0.2) is 65.2 Å². The van der Waals surface area contributed by atoms with Crippen LogP contribution < -0.4 is 5.32 Å². The summed E-state index contributed by atoms with van der Waals surface area (Å²) in [5, 5.41) is 2.97. The Labute approximate surface area is 154 Å². The molecule has 0 aliphatic rings. The highest BCUT2D eigenvalue weighted by Crippen LogP contribution is 2.28. The molecular weight excluding hydrogens is 350 g/mol. The van der Waals surface area contributed by atoms with E-state index in [0.717, 1.165) is 11.1 Å². The van der Waals surface area contributed by atoms with Gasteiger partial charge in [-0.15, -0.1) is 0 Å². The van der Waals surface area contributed by atoms with E-state index in [1.54, 1.807) is 30.3 Å². The fourth-order valence-electron chi connectivity index (χ4n) is 2.69. The van der Waals surface area contributed by atoms with Crippen molar-refractivity contribution in [2.24, 2.45) is 0 Å². The first kappa shape index (κ1) is 16.3. The number of carbonyl (C=O) groups excluding carboxylic acids is 1. The number of fused-ring (bicyclic) bond motifs is 1. The number of aromatic nitrogens is 2. The van der Waals surface area contributed by atoms with Crippen LogP contribution in [0.3, 0.4) is 0 Å². The number of aryl methyl sites for hydroxylation is 1. The van der Waals surface area contributed by atoms with Gasteiger partial charge in [-0.1, -0.05) is 29.8 Å². The third-order valence-electron chi connectivity index (χ3n) is 4.02. The van der Waals surface area contributed by atoms with Crippen LogP contribution >= 0.6 is 11.6 Å². The van der Waals surface area contributed by atoms with Gasteiger partial charge < -0.3 is 9.73 Å². The lowest BCUT2D eigenvalue weighted by Gasteiger charge is -2.05. The van der Waals surface area contributed by atoms with Crippen LogP contribution in [0.25, 0.3) is 22.6 Å². The first-order valence-corrected chi connectivity index (χ1v) is 8.38. The second-order valence-electron chi connectivity index (χ2n) is 5.81. The van der Waals surface area contributed by atoms with Gasteiger partial charge in [-0.25, -0.2) is 9.97 Å². The number of hydrogen-bond acceptors (Lipinski definition) is 4. The first-order chi connectivity index (χ1) is 12.6. The van der Waals surface area contributed by atoms with Gasteiger partial charge in [0.2, 0.25) is 5.89 Å². The van der Waals surface area contributed by atoms with Crippen molar-refractivity contribution in [1.82, 2.24) is 9.97 Å². The number of benzene rings is 2. The molecule has 4 rings (SSSR count). The van der Waals surface area contributed by atoms with Gasteiger partial charge in [-0.3, -0.25) is 4.79 Å². The number of nitrogens with one attached hydrogen (secondary N) is 1. The average molecular weight is 364 g/mol. The van der Waals surface area contributed by atoms with Gasteiger partial charge in [0.1, 0.15) is 10.7 Å². The molecule has 2 heterocycles. The molecule has 128 valence electrons. The minimum atomic E-state index is -0.329. The van der Waals surface area contributed by atoms with Crippen LogP contribution in [0.5, 0.6) is 0 Å². The van der Waals surface area contributed by atoms with Crippen molar-refractivity contribution in [3.63, 3.8) is 0 Å². The van der Waals surface area contributed by atoms with E-state index < -0.39 is 0 Å². The largest absolute Gasteiger partial charge is 0.436 e. The Morgan fingerprint density at radius 1 is 1.12 bits per heavy atom. The second-order valence-corrected chi connectivity index (χ2v) is 6.17. The molecule has 4 aromatic rings. The van der Waals surface area contributed by atoms with Crippen LogP contribution in [0, 0.1) is 6.92 Å². The fourth-order valence-corrected chi connectivity index (χ4v) is 2.89. The normalized spacial score (nSPS) is 10.8. The Balaban J connectivity index is 1.65. The zero-order chi connectivity index (χ0) is 18.1. The zero-order valence-electron chi connectivity index (χ0n) is 13.9. The maximum atomic E-state index is 12.4. The van der Waals surface area contributed by atoms with E-state index in [1.807, 2.05) is 31.2 Å². The monoisotopic (exact) mass is 363 g/mol. The van der Waals surface area contributed by atoms with Crippen LogP contribution in [0.4, 0.5) is 5.69 Å². The van der Waals surface area contributed by atoms with Gasteiger partial charge in [-0.2, -0.15) is 0 Å². The molecular formula is C20H14ClN3O2. The van der Waals surface area contributed by atoms with E-state index in [1.165, 1.54) is 6.20 Å². The fraction of sp³-hybridized carbons (Fsp3) is 0.0500. The molecule has 0 radical (unpaired) electrons. The number of carbonyl (C=O) groups is 1. The van der Waals surface area contributed by atoms with E-state index >= 15 is 0 Å². The van der Waals surface area contributed by atoms with Crippen LogP contribution in [-0.2, 0) is 0 Å². The van der Waals surface area contributed by atoms with Crippen LogP contribution in [0.1, 0.15) is 15.9 Å². The molecule has 0 saturated heterocycles. The van der Waals surface area contributed by atoms with Gasteiger partial charge in [-0.05, 0) is 48.9 Å². The molecule has 6 heteroatoms. The summed E-state index contributed by atoms with van der Waals surface area (Å²) in [7, 11) is 0. The van der Waals surface area contributed by atoms with E-state index in [9.17, 15) is 4.79 Å². The van der Waals surface area contributed by atoms with Gasteiger partial charge >= 0.3 is 0 Å². The molecule has 0 atom stereocenters. The lowest BCUT2D eigenvalue weighted by Crippen LogP contribution is -2.12. The summed E-state index contributed by atoms with van der Waals surface area (Å²) in [6, 6.07) is 16.5. The summed E-state index contributed by atoms with van der Waals surface area (Å²) in [6.45, 7) is 2.01. The summed E-state index contributed by atoms with van der Waals surface area (Å²) in [6.07, 6.45) is 1.54. The number of pyridine rings is 1. The summed E-state index contributed by atoms with van der Waals surface area (Å²) < 4.78 is 5.84. The molecule has 26 heavy (non-hydrogen) atoms. The number of rotatable bonds is 3. The Hall–Kier alpha value is -3.18. The summed E-state index contributed by atoms with van der Waals surface area (Å²) in [5.41, 5.74) is 4.26. The van der Waals surface area contributed by atoms with Crippen molar-refractivity contribution in [2.45, 2.75) is 6.92 Å². The standard InChI is InChI=1S/C20H14ClN3O2/c1-12-5-2-3-6-14(12)20-24-16-11-13(8-9-17(16)26-20)23-19(25)15-7-4-10-22-18(15)21/h2-11H,1H3,(H,23,25). The molecule has 0 saturated carbocycles. The average Bonchev–Trinajstić information content (AvgIpc) is 3.05. The Morgan fingerprint density at radius 2 is 1.96 bits per heavy atom. The molecule has 1 amide bonds. The van der Waals surface area contributed by atoms with Gasteiger partial charge in [0.15, 0.2) is 5.58 Å². The number of anilines is 1. The summed E-state index contributed by atoms with van der Waals surface area (Å²) in [5.74, 6) is 0.224. The number of hydrogen-bond donors (Lipinski definition) is 1. The van der Waals surface area contributed by atoms with Crippen molar-refractivity contribution in [3.05, 3.63) is 77.1 Å². The smallest absolute Gasteiger partial charge is 0.258 e. The molecule has 1 N–H and O–H groups in total. The molecule has 0 unspecified atom stereocenters. The highest BCUT2D eigenvalue weighted by atomic mass is 35.5. The molecule has 5 nitrogen and oxygen atoms in total. The summed E-state index contributed by atoms with van der Waals surface area (Å²) >= 11 is 5.97. The number of oxazole rings is 1. The van der Waals surface area contributed by atoms with Crippen LogP contribution in [0.2, 0.25) is 5.15 Å². The van der Waals surface area contributed by atoms with Crippen molar-refractivity contribution < 1.29 is 9.21 Å². The molecule has 0 spiro atoms. The third-order valence-corrected chi connectivity index (χ3v) is 4.33. The van der Waals surface area contributed by atoms with Gasteiger partial charge in [0.25, 0.3) is 5.91 Å². The van der Waals surface area contributed by atoms with Crippen LogP contribution in [-0.4, -0.2) is 15.9 Å². The lowest BCUT2D eigenvalue weighted by atomic mass is 10.1. The lowest BCUT2D eigenvalue weighted by molar-refractivity contribution is 0.102. The summed E-state index contributed by atoms with van der Waals surface area (Å²) in [4.78, 5) is 20.8. The quantitative estimate of drug-likeness (QED) is 0.514. The topological polar surface area (TPSA) is 68.0 Å². The van der Waals surface area contributed by atoms with Gasteiger partial charge in [0, 0.05) is 17.4 Å². The van der Waals surface area contributed by atoms with Crippen molar-refractivity contribution in [3.8, 4) is 11.5 Å². The SMILES string of the molecule is Cc1ccccc1-c1nc2cc(NC(=O)c3cccnc3Cl)ccc2o1. The van der Waals surface area contributed by atoms with Crippen molar-refractivity contribution >= 4 is 34.3 Å². The van der Waals surface area contributed by atoms with E-state index in [0.29, 0.717) is 28.2 Å². The maximum absolute atomic E-state index is 12.4. The van der Waals surface area contributed by atoms with Gasteiger partial charge in [0.05, 0.1) is 5.56 Å². The number of amides is 1. The predicted octanol–water partition coefficient (Wildman–Crippen LogP) is 5.10. The van der Waals surface area contributed by atoms with E-state index in [2.05, 4.69) is 15.3 Å². The third kappa shape index (κ3) is 3.05. The van der Waals surface area contributed by atoms with E-state index in [4.69, 9.17) is 16.0 Å². The molecule has 2 aromatic heterocycles. The second kappa shape index (κ2) is 6.61. The molecule has 0 bridgehead atoms. The highest BCUT2D eigenvalue weighted by molar-refractivity contribution is 6.33. The molecule has 0 fully saturated rings. The minimum Gasteiger partial charge on any atom is -0.436 e. The van der Waals surface area contributed by atoms with Crippen molar-refractivity contribution in [1.29, 1.82) is 0 Å². The number of nitrogens with zero attached hydrogens (tertiary/aromatic N) is 2. The highest BCUT2D eigenvalue weighted by Gasteiger charge is 2.13. The predicted molar refractivity (Wildman–Crippen MR) is 101 cm³/mol. The maximum Gasteiger partial charge on any atom is 0.258 e. The van der Waals surface area contributed by atoms with Crippen molar-refractivity contribution in [2.75, 3.05) is 5.32 Å². The minimum absolute atomic E-state index is 0.161. The Morgan fingerprint density at radius 3 is 2.77 bits per heavy atom. The zero-order valence-corrected chi connectivity index (χ0v) is 14.6. The molecule has 0 aliphatic heterocycles. The molecule has 0 aliphatic carbocycles. The number of halogens is 1. The van der Waals surface area contributed by atoms with E-state index in [-0.39, 0.29) is 11.1 Å². The molecule has 2 aromatic carbocycles. The first-order valence-electron chi connectivity index (χ1n) is 8.00. The Bertz CT molecular complexity index is 1120.